The van der Waals surface area contributed by atoms with E-state index in [9.17, 15) is 0 Å². The van der Waals surface area contributed by atoms with E-state index in [0.29, 0.717) is 19.3 Å². The summed E-state index contributed by atoms with van der Waals surface area (Å²) in [5.41, 5.74) is 1.37. The summed E-state index contributed by atoms with van der Waals surface area (Å²) in [6, 6.07) is 8.89. The molecule has 1 atom stereocenters. The number of aromatic nitrogens is 2. The van der Waals surface area contributed by atoms with Gasteiger partial charge in [0.2, 0.25) is 5.95 Å². The molecule has 2 fully saturated rings. The van der Waals surface area contributed by atoms with Crippen LogP contribution >= 0.6 is 0 Å². The van der Waals surface area contributed by atoms with Crippen molar-refractivity contribution in [2.24, 2.45) is 5.92 Å². The monoisotopic (exact) mass is 380 g/mol. The highest BCUT2D eigenvalue weighted by Crippen LogP contribution is 2.39. The number of rotatable bonds is 4. The maximum Gasteiger partial charge on any atom is 0.225 e. The lowest BCUT2D eigenvalue weighted by Crippen LogP contribution is -2.39. The van der Waals surface area contributed by atoms with E-state index in [1.165, 1.54) is 44.3 Å². The highest BCUT2D eigenvalue weighted by molar-refractivity contribution is 5.44. The van der Waals surface area contributed by atoms with Gasteiger partial charge in [-0.25, -0.2) is 9.97 Å². The van der Waals surface area contributed by atoms with Crippen molar-refractivity contribution < 1.29 is 9.47 Å². The van der Waals surface area contributed by atoms with E-state index in [2.05, 4.69) is 38.0 Å². The molecule has 148 valence electrons. The van der Waals surface area contributed by atoms with Crippen molar-refractivity contribution in [1.82, 2.24) is 14.9 Å². The highest BCUT2D eigenvalue weighted by Gasteiger charge is 2.30. The lowest BCUT2D eigenvalue weighted by molar-refractivity contribution is 0.169. The Morgan fingerprint density at radius 3 is 2.54 bits per heavy atom. The molecule has 0 N–H and O–H groups in total. The van der Waals surface area contributed by atoms with Crippen LogP contribution < -0.4 is 14.4 Å². The van der Waals surface area contributed by atoms with E-state index >= 15 is 0 Å². The van der Waals surface area contributed by atoms with Gasteiger partial charge in [-0.2, -0.15) is 0 Å². The van der Waals surface area contributed by atoms with Crippen molar-refractivity contribution >= 4 is 5.95 Å². The number of anilines is 1. The molecule has 1 aromatic carbocycles. The first-order valence-electron chi connectivity index (χ1n) is 10.5. The van der Waals surface area contributed by atoms with Gasteiger partial charge in [-0.05, 0) is 61.9 Å². The molecule has 0 amide bonds. The summed E-state index contributed by atoms with van der Waals surface area (Å²) >= 11 is 0. The third-order valence-electron chi connectivity index (χ3n) is 6.26. The lowest BCUT2D eigenvalue weighted by Gasteiger charge is -2.35. The molecular formula is C22H28N4O2. The zero-order valence-corrected chi connectivity index (χ0v) is 16.3. The Morgan fingerprint density at radius 2 is 1.71 bits per heavy atom. The number of ether oxygens (including phenoxy) is 2. The summed E-state index contributed by atoms with van der Waals surface area (Å²) in [7, 11) is 0. The van der Waals surface area contributed by atoms with E-state index in [-0.39, 0.29) is 0 Å². The Morgan fingerprint density at radius 1 is 0.929 bits per heavy atom. The number of likely N-dealkylation sites (tertiary alicyclic amines) is 1. The summed E-state index contributed by atoms with van der Waals surface area (Å²) < 4.78 is 11.5. The fourth-order valence-electron chi connectivity index (χ4n) is 4.79. The van der Waals surface area contributed by atoms with Crippen LogP contribution in [0.5, 0.6) is 11.5 Å². The molecule has 2 saturated heterocycles. The van der Waals surface area contributed by atoms with Gasteiger partial charge < -0.3 is 14.4 Å². The maximum absolute atomic E-state index is 5.80. The number of fused-ring (bicyclic) bond motifs is 1. The second-order valence-electron chi connectivity index (χ2n) is 8.04. The van der Waals surface area contributed by atoms with Gasteiger partial charge in [0.15, 0.2) is 11.5 Å². The number of piperidine rings is 1. The van der Waals surface area contributed by atoms with Gasteiger partial charge in [0, 0.05) is 38.1 Å². The van der Waals surface area contributed by atoms with Crippen LogP contribution in [-0.4, -0.2) is 54.3 Å². The smallest absolute Gasteiger partial charge is 0.225 e. The van der Waals surface area contributed by atoms with Gasteiger partial charge in [0.1, 0.15) is 13.2 Å². The van der Waals surface area contributed by atoms with Crippen LogP contribution in [-0.2, 0) is 0 Å². The van der Waals surface area contributed by atoms with Gasteiger partial charge in [0.05, 0.1) is 0 Å². The predicted octanol–water partition coefficient (Wildman–Crippen LogP) is 3.30. The van der Waals surface area contributed by atoms with Gasteiger partial charge in [-0.3, -0.25) is 4.90 Å². The first-order valence-corrected chi connectivity index (χ1v) is 10.5. The van der Waals surface area contributed by atoms with E-state index in [1.54, 1.807) is 0 Å². The molecule has 6 heteroatoms. The highest BCUT2D eigenvalue weighted by atomic mass is 16.6. The Kier molecular flexibility index (Phi) is 5.04. The molecule has 0 spiro atoms. The molecule has 2 aromatic rings. The number of benzene rings is 1. The zero-order chi connectivity index (χ0) is 18.8. The van der Waals surface area contributed by atoms with Crippen LogP contribution in [0.1, 0.15) is 37.3 Å². The molecule has 0 aliphatic carbocycles. The van der Waals surface area contributed by atoms with Gasteiger partial charge in [0.25, 0.3) is 0 Å². The maximum atomic E-state index is 5.80. The van der Waals surface area contributed by atoms with Crippen molar-refractivity contribution in [3.63, 3.8) is 0 Å². The zero-order valence-electron chi connectivity index (χ0n) is 16.3. The Labute approximate surface area is 166 Å². The molecule has 1 unspecified atom stereocenters. The molecule has 3 aliphatic rings. The topological polar surface area (TPSA) is 50.7 Å². The number of hydrogen-bond donors (Lipinski definition) is 0. The summed E-state index contributed by atoms with van der Waals surface area (Å²) in [6.07, 6.45) is 8.59. The molecule has 0 saturated carbocycles. The largest absolute Gasteiger partial charge is 0.486 e. The first kappa shape index (κ1) is 17.7. The van der Waals surface area contributed by atoms with E-state index in [0.717, 1.165) is 36.5 Å². The number of nitrogens with zero attached hydrogens (tertiary/aromatic N) is 4. The van der Waals surface area contributed by atoms with Crippen molar-refractivity contribution in [1.29, 1.82) is 0 Å². The van der Waals surface area contributed by atoms with Crippen molar-refractivity contribution in [2.45, 2.75) is 31.7 Å². The minimum Gasteiger partial charge on any atom is -0.486 e. The third kappa shape index (κ3) is 3.65. The lowest BCUT2D eigenvalue weighted by atomic mass is 9.95. The van der Waals surface area contributed by atoms with Crippen molar-refractivity contribution in [3.05, 3.63) is 42.2 Å². The van der Waals surface area contributed by atoms with E-state index in [1.807, 2.05) is 18.5 Å². The molecule has 0 bridgehead atoms. The minimum atomic E-state index is 0.506. The average molecular weight is 380 g/mol. The second-order valence-corrected chi connectivity index (χ2v) is 8.04. The fourth-order valence-corrected chi connectivity index (χ4v) is 4.79. The normalized spacial score (nSPS) is 23.1. The fraction of sp³-hybridized carbons (Fsp3) is 0.545. The Balaban J connectivity index is 1.21. The summed E-state index contributed by atoms with van der Waals surface area (Å²) in [4.78, 5) is 13.8. The van der Waals surface area contributed by atoms with Gasteiger partial charge in [-0.15, -0.1) is 0 Å². The quantitative estimate of drug-likeness (QED) is 0.811. The molecule has 28 heavy (non-hydrogen) atoms. The van der Waals surface area contributed by atoms with Crippen LogP contribution in [0.15, 0.2) is 36.7 Å². The van der Waals surface area contributed by atoms with E-state index < -0.39 is 0 Å². The third-order valence-corrected chi connectivity index (χ3v) is 6.26. The van der Waals surface area contributed by atoms with Crippen LogP contribution in [0.3, 0.4) is 0 Å². The van der Waals surface area contributed by atoms with Crippen LogP contribution in [0.4, 0.5) is 5.95 Å². The molecule has 0 radical (unpaired) electrons. The van der Waals surface area contributed by atoms with Crippen LogP contribution in [0.25, 0.3) is 0 Å². The minimum absolute atomic E-state index is 0.506. The van der Waals surface area contributed by atoms with Crippen LogP contribution in [0, 0.1) is 5.92 Å². The predicted molar refractivity (Wildman–Crippen MR) is 108 cm³/mol. The Bertz CT molecular complexity index is 792. The molecule has 1 aromatic heterocycles. The van der Waals surface area contributed by atoms with Crippen molar-refractivity contribution in [3.8, 4) is 11.5 Å². The Hall–Kier alpha value is -2.34. The molecule has 5 rings (SSSR count). The second kappa shape index (κ2) is 7.95. The molecule has 3 aliphatic heterocycles. The molecule has 4 heterocycles. The van der Waals surface area contributed by atoms with E-state index in [4.69, 9.17) is 9.47 Å². The molecule has 6 nitrogen and oxygen atoms in total. The SMILES string of the molecule is c1cnc(N2CCC(CN3CCCC3c3ccc4c(c3)OCCO4)CC2)nc1. The first-order chi connectivity index (χ1) is 13.9. The van der Waals surface area contributed by atoms with Gasteiger partial charge in [-0.1, -0.05) is 6.07 Å². The summed E-state index contributed by atoms with van der Waals surface area (Å²) in [6.45, 7) is 5.78. The number of hydrogen-bond acceptors (Lipinski definition) is 6. The average Bonchev–Trinajstić information content (AvgIpc) is 3.23. The van der Waals surface area contributed by atoms with Crippen LogP contribution in [0.2, 0.25) is 0 Å². The molecular weight excluding hydrogens is 352 g/mol. The summed E-state index contributed by atoms with van der Waals surface area (Å²) in [5.74, 6) is 3.41. The van der Waals surface area contributed by atoms with Gasteiger partial charge >= 0.3 is 0 Å². The summed E-state index contributed by atoms with van der Waals surface area (Å²) in [5, 5.41) is 0. The standard InChI is InChI=1S/C22H28N4O2/c1-3-19(18-4-5-20-21(15-18)28-14-13-27-20)26(10-1)16-17-6-11-25(12-7-17)22-23-8-2-9-24-22/h2,4-5,8-9,15,17,19H,1,3,6-7,10-14,16H2. The van der Waals surface area contributed by atoms with Crippen molar-refractivity contribution in [2.75, 3.05) is 44.3 Å².